The number of unbranched alkanes of at least 4 members (excludes halogenated alkanes) is 3. The highest BCUT2D eigenvalue weighted by molar-refractivity contribution is 7.89. The largest absolute Gasteiger partial charge is 0.243 e. The minimum absolute atomic E-state index is 0.413. The van der Waals surface area contributed by atoms with E-state index in [0.29, 0.717) is 18.0 Å². The van der Waals surface area contributed by atoms with Gasteiger partial charge in [-0.25, -0.2) is 8.42 Å². The molecule has 0 bridgehead atoms. The molecule has 0 atom stereocenters. The van der Waals surface area contributed by atoms with Crippen molar-refractivity contribution in [3.05, 3.63) is 29.8 Å². The Morgan fingerprint density at radius 3 is 2.00 bits per heavy atom. The molecule has 0 aliphatic heterocycles. The third kappa shape index (κ3) is 4.91. The summed E-state index contributed by atoms with van der Waals surface area (Å²) in [6.45, 7) is 7.43. The molecule has 1 rings (SSSR count). The minimum Gasteiger partial charge on any atom is -0.207 e. The quantitative estimate of drug-likeness (QED) is 0.647. The average Bonchev–Trinajstić information content (AvgIpc) is 2.43. The number of hydrogen-bond donors (Lipinski definition) is 0. The van der Waals surface area contributed by atoms with Crippen molar-refractivity contribution >= 4 is 10.0 Å². The van der Waals surface area contributed by atoms with Crippen molar-refractivity contribution in [2.24, 2.45) is 0 Å². The molecule has 0 N–H and O–H groups in total. The summed E-state index contributed by atoms with van der Waals surface area (Å²) < 4.78 is 27.0. The molecule has 20 heavy (non-hydrogen) atoms. The summed E-state index contributed by atoms with van der Waals surface area (Å²) in [7, 11) is -3.34. The number of benzene rings is 1. The summed E-state index contributed by atoms with van der Waals surface area (Å²) in [5, 5.41) is 0. The Hall–Kier alpha value is -0.870. The van der Waals surface area contributed by atoms with E-state index >= 15 is 0 Å². The van der Waals surface area contributed by atoms with Gasteiger partial charge in [0.15, 0.2) is 0 Å². The molecule has 1 aromatic rings. The lowest BCUT2D eigenvalue weighted by Crippen LogP contribution is -2.33. The molecule has 0 heterocycles. The van der Waals surface area contributed by atoms with E-state index in [2.05, 4.69) is 13.8 Å². The first-order chi connectivity index (χ1) is 9.52. The number of hydrogen-bond acceptors (Lipinski definition) is 2. The molecule has 0 unspecified atom stereocenters. The summed E-state index contributed by atoms with van der Waals surface area (Å²) in [5.41, 5.74) is 1.08. The van der Waals surface area contributed by atoms with Gasteiger partial charge in [0.2, 0.25) is 10.0 Å². The van der Waals surface area contributed by atoms with Gasteiger partial charge in [0.05, 0.1) is 4.90 Å². The van der Waals surface area contributed by atoms with E-state index in [1.165, 1.54) is 0 Å². The Bertz CT molecular complexity index is 480. The monoisotopic (exact) mass is 297 g/mol. The van der Waals surface area contributed by atoms with Crippen LogP contribution in [0.25, 0.3) is 0 Å². The van der Waals surface area contributed by atoms with Crippen LogP contribution in [0.4, 0.5) is 0 Å². The summed E-state index contributed by atoms with van der Waals surface area (Å²) in [4.78, 5) is 0.413. The molecule has 0 saturated heterocycles. The second-order valence-electron chi connectivity index (χ2n) is 5.28. The molecule has 4 heteroatoms. The van der Waals surface area contributed by atoms with E-state index in [0.717, 1.165) is 37.7 Å². The summed E-state index contributed by atoms with van der Waals surface area (Å²) >= 11 is 0. The maximum Gasteiger partial charge on any atom is 0.243 e. The molecular formula is C16H27NO2S. The maximum atomic E-state index is 12.7. The Morgan fingerprint density at radius 1 is 0.900 bits per heavy atom. The van der Waals surface area contributed by atoms with Gasteiger partial charge >= 0.3 is 0 Å². The van der Waals surface area contributed by atoms with E-state index in [-0.39, 0.29) is 0 Å². The number of sulfonamides is 1. The Morgan fingerprint density at radius 2 is 1.45 bits per heavy atom. The van der Waals surface area contributed by atoms with Gasteiger partial charge in [0.1, 0.15) is 0 Å². The summed E-state index contributed by atoms with van der Waals surface area (Å²) in [6, 6.07) is 7.14. The predicted molar refractivity (Wildman–Crippen MR) is 84.4 cm³/mol. The van der Waals surface area contributed by atoms with Crippen LogP contribution in [0, 0.1) is 6.92 Å². The van der Waals surface area contributed by atoms with E-state index in [1.54, 1.807) is 16.4 Å². The van der Waals surface area contributed by atoms with Crippen LogP contribution in [0.3, 0.4) is 0 Å². The summed E-state index contributed by atoms with van der Waals surface area (Å²) in [6.07, 6.45) is 5.04. The average molecular weight is 297 g/mol. The van der Waals surface area contributed by atoms with E-state index in [1.807, 2.05) is 19.1 Å². The van der Waals surface area contributed by atoms with Gasteiger partial charge in [0.25, 0.3) is 0 Å². The molecule has 114 valence electrons. The van der Waals surface area contributed by atoms with Crippen molar-refractivity contribution < 1.29 is 8.42 Å². The fourth-order valence-electron chi connectivity index (χ4n) is 2.08. The third-order valence-electron chi connectivity index (χ3n) is 3.43. The smallest absolute Gasteiger partial charge is 0.207 e. The van der Waals surface area contributed by atoms with E-state index in [9.17, 15) is 8.42 Å². The van der Waals surface area contributed by atoms with Crippen molar-refractivity contribution in [2.45, 2.75) is 57.8 Å². The molecule has 0 radical (unpaired) electrons. The van der Waals surface area contributed by atoms with E-state index in [4.69, 9.17) is 0 Å². The van der Waals surface area contributed by atoms with Crippen LogP contribution in [0.2, 0.25) is 0 Å². The van der Waals surface area contributed by atoms with Crippen LogP contribution in [0.5, 0.6) is 0 Å². The molecule has 0 amide bonds. The van der Waals surface area contributed by atoms with Gasteiger partial charge in [-0.05, 0) is 31.9 Å². The van der Waals surface area contributed by atoms with Crippen molar-refractivity contribution in [3.8, 4) is 0 Å². The highest BCUT2D eigenvalue weighted by Crippen LogP contribution is 2.18. The predicted octanol–water partition coefficient (Wildman–Crippen LogP) is 3.98. The maximum absolute atomic E-state index is 12.7. The van der Waals surface area contributed by atoms with Crippen LogP contribution in [-0.2, 0) is 10.0 Å². The van der Waals surface area contributed by atoms with Crippen molar-refractivity contribution in [1.29, 1.82) is 0 Å². The normalized spacial score (nSPS) is 12.0. The lowest BCUT2D eigenvalue weighted by atomic mass is 10.2. The molecule has 1 aromatic carbocycles. The second kappa shape index (κ2) is 8.42. The zero-order valence-corrected chi connectivity index (χ0v) is 13.7. The Labute approximate surface area is 124 Å². The second-order valence-corrected chi connectivity index (χ2v) is 7.22. The first-order valence-corrected chi connectivity index (χ1v) is 9.03. The lowest BCUT2D eigenvalue weighted by Gasteiger charge is -2.22. The van der Waals surface area contributed by atoms with Gasteiger partial charge in [-0.3, -0.25) is 0 Å². The molecule has 0 saturated carbocycles. The number of nitrogens with zero attached hydrogens (tertiary/aromatic N) is 1. The van der Waals surface area contributed by atoms with Crippen molar-refractivity contribution in [2.75, 3.05) is 13.1 Å². The lowest BCUT2D eigenvalue weighted by molar-refractivity contribution is 0.392. The highest BCUT2D eigenvalue weighted by atomic mass is 32.2. The van der Waals surface area contributed by atoms with Crippen molar-refractivity contribution in [3.63, 3.8) is 0 Å². The zero-order valence-electron chi connectivity index (χ0n) is 12.9. The topological polar surface area (TPSA) is 37.4 Å². The minimum atomic E-state index is -3.34. The van der Waals surface area contributed by atoms with Crippen LogP contribution < -0.4 is 0 Å². The van der Waals surface area contributed by atoms with Gasteiger partial charge in [0, 0.05) is 13.1 Å². The van der Waals surface area contributed by atoms with Crippen LogP contribution in [0.15, 0.2) is 29.2 Å². The first kappa shape index (κ1) is 17.2. The summed E-state index contributed by atoms with van der Waals surface area (Å²) in [5.74, 6) is 0. The van der Waals surface area contributed by atoms with E-state index < -0.39 is 10.0 Å². The number of rotatable bonds is 9. The Kier molecular flexibility index (Phi) is 7.24. The molecule has 0 aliphatic rings. The SMILES string of the molecule is CCCCCN(CCCC)S(=O)(=O)c1ccc(C)cc1. The van der Waals surface area contributed by atoms with Crippen LogP contribution >= 0.6 is 0 Å². The molecule has 0 spiro atoms. The van der Waals surface area contributed by atoms with Gasteiger partial charge in [-0.15, -0.1) is 0 Å². The third-order valence-corrected chi connectivity index (χ3v) is 5.34. The van der Waals surface area contributed by atoms with Gasteiger partial charge < -0.3 is 0 Å². The fraction of sp³-hybridized carbons (Fsp3) is 0.625. The van der Waals surface area contributed by atoms with Crippen LogP contribution in [-0.4, -0.2) is 25.8 Å². The standard InChI is InChI=1S/C16H27NO2S/c1-4-6-8-14-17(13-7-5-2)20(18,19)16-11-9-15(3)10-12-16/h9-12H,4-8,13-14H2,1-3H3. The molecule has 0 aromatic heterocycles. The van der Waals surface area contributed by atoms with Gasteiger partial charge in [-0.1, -0.05) is 50.8 Å². The Balaban J connectivity index is 2.88. The fourth-order valence-corrected chi connectivity index (χ4v) is 3.60. The molecular weight excluding hydrogens is 270 g/mol. The van der Waals surface area contributed by atoms with Crippen molar-refractivity contribution in [1.82, 2.24) is 4.31 Å². The highest BCUT2D eigenvalue weighted by Gasteiger charge is 2.23. The molecule has 0 aliphatic carbocycles. The number of aryl methyl sites for hydroxylation is 1. The first-order valence-electron chi connectivity index (χ1n) is 7.59. The molecule has 3 nitrogen and oxygen atoms in total. The molecule has 0 fully saturated rings. The zero-order chi connectivity index (χ0) is 15.0. The van der Waals surface area contributed by atoms with Gasteiger partial charge in [-0.2, -0.15) is 4.31 Å². The van der Waals surface area contributed by atoms with Crippen LogP contribution in [0.1, 0.15) is 51.5 Å².